The molecule has 3 heteroatoms. The van der Waals surface area contributed by atoms with Crippen molar-refractivity contribution >= 4 is 11.6 Å². The minimum atomic E-state index is 0.0949. The van der Waals surface area contributed by atoms with Crippen LogP contribution < -0.4 is 5.32 Å². The molecule has 3 nitrogen and oxygen atoms in total. The van der Waals surface area contributed by atoms with E-state index in [4.69, 9.17) is 5.26 Å². The maximum absolute atomic E-state index is 12.3. The Labute approximate surface area is 127 Å². The van der Waals surface area contributed by atoms with Gasteiger partial charge < -0.3 is 5.32 Å². The molecule has 0 bridgehead atoms. The van der Waals surface area contributed by atoms with Gasteiger partial charge in [0, 0.05) is 11.6 Å². The van der Waals surface area contributed by atoms with Crippen LogP contribution in [0.2, 0.25) is 0 Å². The molecule has 1 aromatic carbocycles. The van der Waals surface area contributed by atoms with E-state index in [1.54, 1.807) is 18.2 Å². The molecule has 112 valence electrons. The van der Waals surface area contributed by atoms with Crippen LogP contribution in [0.1, 0.15) is 52.0 Å². The third-order valence-corrected chi connectivity index (χ3v) is 4.58. The largest absolute Gasteiger partial charge is 0.326 e. The fourth-order valence-corrected chi connectivity index (χ4v) is 3.13. The summed E-state index contributed by atoms with van der Waals surface area (Å²) in [4.78, 5) is 12.3. The van der Waals surface area contributed by atoms with E-state index in [1.165, 1.54) is 0 Å². The van der Waals surface area contributed by atoms with E-state index >= 15 is 0 Å². The fourth-order valence-electron chi connectivity index (χ4n) is 3.13. The lowest BCUT2D eigenvalue weighted by atomic mass is 9.69. The number of benzene rings is 1. The number of nitrogens with one attached hydrogen (secondary N) is 1. The molecule has 0 heterocycles. The molecule has 1 fully saturated rings. The Morgan fingerprint density at radius 2 is 1.90 bits per heavy atom. The Bertz CT molecular complexity index is 543. The lowest BCUT2D eigenvalue weighted by Gasteiger charge is -2.36. The number of carbonyl (C=O) groups is 1. The molecule has 1 saturated carbocycles. The molecule has 0 aliphatic heterocycles. The minimum absolute atomic E-state index is 0.0949. The van der Waals surface area contributed by atoms with Crippen LogP contribution >= 0.6 is 0 Å². The molecule has 1 aromatic rings. The number of carbonyl (C=O) groups excluding carboxylic acids is 1. The second kappa shape index (κ2) is 6.30. The van der Waals surface area contributed by atoms with E-state index in [0.717, 1.165) is 31.4 Å². The molecule has 21 heavy (non-hydrogen) atoms. The summed E-state index contributed by atoms with van der Waals surface area (Å²) in [6.45, 7) is 6.85. The summed E-state index contributed by atoms with van der Waals surface area (Å²) >= 11 is 0. The summed E-state index contributed by atoms with van der Waals surface area (Å²) in [5.41, 5.74) is 1.63. The third-order valence-electron chi connectivity index (χ3n) is 4.58. The molecule has 2 rings (SSSR count). The molecule has 0 atom stereocenters. The first-order chi connectivity index (χ1) is 9.90. The van der Waals surface area contributed by atoms with Gasteiger partial charge >= 0.3 is 0 Å². The van der Waals surface area contributed by atoms with Gasteiger partial charge in [-0.1, -0.05) is 26.8 Å². The van der Waals surface area contributed by atoms with E-state index in [9.17, 15) is 4.79 Å². The first-order valence-corrected chi connectivity index (χ1v) is 7.71. The van der Waals surface area contributed by atoms with Crippen molar-refractivity contribution in [1.29, 1.82) is 5.26 Å². The molecule has 0 saturated heterocycles. The summed E-state index contributed by atoms with van der Waals surface area (Å²) in [6, 6.07) is 9.18. The Morgan fingerprint density at radius 1 is 1.24 bits per heavy atom. The van der Waals surface area contributed by atoms with Gasteiger partial charge in [0.25, 0.3) is 0 Å². The van der Waals surface area contributed by atoms with Gasteiger partial charge in [-0.15, -0.1) is 0 Å². The molecule has 0 spiro atoms. The number of amides is 1. The Balaban J connectivity index is 1.92. The maximum atomic E-state index is 12.3. The predicted octanol–water partition coefficient (Wildman–Crippen LogP) is 4.35. The molecule has 0 aromatic heterocycles. The molecular formula is C18H24N2O. The average Bonchev–Trinajstić information content (AvgIpc) is 2.46. The van der Waals surface area contributed by atoms with E-state index in [0.29, 0.717) is 16.9 Å². The summed E-state index contributed by atoms with van der Waals surface area (Å²) in [5.74, 6) is 0.912. The normalized spacial score (nSPS) is 22.4. The topological polar surface area (TPSA) is 52.9 Å². The number of anilines is 1. The van der Waals surface area contributed by atoms with Crippen LogP contribution in [0.5, 0.6) is 0 Å². The molecule has 1 N–H and O–H groups in total. The van der Waals surface area contributed by atoms with E-state index in [2.05, 4.69) is 32.2 Å². The van der Waals surface area contributed by atoms with Crippen molar-refractivity contribution in [3.8, 4) is 6.07 Å². The lowest BCUT2D eigenvalue weighted by Crippen LogP contribution is -2.31. The standard InChI is InChI=1S/C18H24N2O/c1-18(2,3)15-9-7-14(8-10-15)17(21)20-16-6-4-5-13(11-16)12-19/h4-6,11,14-15H,7-10H2,1-3H3,(H,20,21). The van der Waals surface area contributed by atoms with Crippen molar-refractivity contribution in [3.63, 3.8) is 0 Å². The number of rotatable bonds is 2. The zero-order valence-electron chi connectivity index (χ0n) is 13.1. The SMILES string of the molecule is CC(C)(C)C1CCC(C(=O)Nc2cccc(C#N)c2)CC1. The Morgan fingerprint density at radius 3 is 2.48 bits per heavy atom. The van der Waals surface area contributed by atoms with Crippen molar-refractivity contribution in [2.45, 2.75) is 46.5 Å². The first kappa shape index (κ1) is 15.6. The van der Waals surface area contributed by atoms with Crippen LogP contribution in [0.25, 0.3) is 0 Å². The highest BCUT2D eigenvalue weighted by Crippen LogP contribution is 2.40. The molecule has 0 unspecified atom stereocenters. The highest BCUT2D eigenvalue weighted by Gasteiger charge is 2.32. The zero-order chi connectivity index (χ0) is 15.5. The summed E-state index contributed by atoms with van der Waals surface area (Å²) in [5, 5.41) is 11.8. The Hall–Kier alpha value is -1.82. The van der Waals surface area contributed by atoms with Gasteiger partial charge in [0.1, 0.15) is 0 Å². The van der Waals surface area contributed by atoms with Crippen LogP contribution in [0.3, 0.4) is 0 Å². The van der Waals surface area contributed by atoms with Crippen LogP contribution in [-0.4, -0.2) is 5.91 Å². The monoisotopic (exact) mass is 284 g/mol. The van der Waals surface area contributed by atoms with Crippen molar-refractivity contribution in [2.24, 2.45) is 17.3 Å². The van der Waals surface area contributed by atoms with E-state index in [1.807, 2.05) is 6.07 Å². The number of hydrogen-bond donors (Lipinski definition) is 1. The number of hydrogen-bond acceptors (Lipinski definition) is 2. The van der Waals surface area contributed by atoms with Gasteiger partial charge in [-0.2, -0.15) is 5.26 Å². The quantitative estimate of drug-likeness (QED) is 0.877. The summed E-state index contributed by atoms with van der Waals surface area (Å²) in [6.07, 6.45) is 4.18. The van der Waals surface area contributed by atoms with Crippen molar-refractivity contribution in [2.75, 3.05) is 5.32 Å². The van der Waals surface area contributed by atoms with Crippen LogP contribution in [0, 0.1) is 28.6 Å². The van der Waals surface area contributed by atoms with Gasteiger partial charge in [0.15, 0.2) is 0 Å². The van der Waals surface area contributed by atoms with Crippen LogP contribution in [-0.2, 0) is 4.79 Å². The van der Waals surface area contributed by atoms with E-state index in [-0.39, 0.29) is 11.8 Å². The molecule has 1 aliphatic rings. The van der Waals surface area contributed by atoms with Crippen LogP contribution in [0.4, 0.5) is 5.69 Å². The minimum Gasteiger partial charge on any atom is -0.326 e. The van der Waals surface area contributed by atoms with Crippen LogP contribution in [0.15, 0.2) is 24.3 Å². The lowest BCUT2D eigenvalue weighted by molar-refractivity contribution is -0.121. The fraction of sp³-hybridized carbons (Fsp3) is 0.556. The maximum Gasteiger partial charge on any atom is 0.227 e. The first-order valence-electron chi connectivity index (χ1n) is 7.71. The van der Waals surface area contributed by atoms with Crippen molar-refractivity contribution < 1.29 is 4.79 Å². The number of nitrogens with zero attached hydrogens (tertiary/aromatic N) is 1. The van der Waals surface area contributed by atoms with Gasteiger partial charge in [-0.05, 0) is 55.2 Å². The molecule has 1 amide bonds. The second-order valence-electron chi connectivity index (χ2n) is 7.10. The van der Waals surface area contributed by atoms with Gasteiger partial charge in [-0.25, -0.2) is 0 Å². The number of nitriles is 1. The van der Waals surface area contributed by atoms with Gasteiger partial charge in [0.2, 0.25) is 5.91 Å². The third kappa shape index (κ3) is 4.07. The van der Waals surface area contributed by atoms with Gasteiger partial charge in [-0.3, -0.25) is 4.79 Å². The Kier molecular flexibility index (Phi) is 4.67. The predicted molar refractivity (Wildman–Crippen MR) is 84.7 cm³/mol. The summed E-state index contributed by atoms with van der Waals surface area (Å²) in [7, 11) is 0. The highest BCUT2D eigenvalue weighted by molar-refractivity contribution is 5.92. The average molecular weight is 284 g/mol. The zero-order valence-corrected chi connectivity index (χ0v) is 13.1. The van der Waals surface area contributed by atoms with E-state index < -0.39 is 0 Å². The second-order valence-corrected chi connectivity index (χ2v) is 7.10. The molecular weight excluding hydrogens is 260 g/mol. The highest BCUT2D eigenvalue weighted by atomic mass is 16.1. The van der Waals surface area contributed by atoms with Gasteiger partial charge in [0.05, 0.1) is 11.6 Å². The van der Waals surface area contributed by atoms with Crippen molar-refractivity contribution in [3.05, 3.63) is 29.8 Å². The summed E-state index contributed by atoms with van der Waals surface area (Å²) < 4.78 is 0. The van der Waals surface area contributed by atoms with Crippen molar-refractivity contribution in [1.82, 2.24) is 0 Å². The molecule has 0 radical (unpaired) electrons. The molecule has 1 aliphatic carbocycles. The smallest absolute Gasteiger partial charge is 0.227 e.